The van der Waals surface area contributed by atoms with E-state index in [-0.39, 0.29) is 17.5 Å². The predicted octanol–water partition coefficient (Wildman–Crippen LogP) is 1.23. The van der Waals surface area contributed by atoms with Crippen molar-refractivity contribution in [2.24, 2.45) is 0 Å². The molecule has 1 aromatic heterocycles. The number of amides is 2. The van der Waals surface area contributed by atoms with Gasteiger partial charge in [0.1, 0.15) is 11.7 Å². The standard InChI is InChI=1S/C15H16N4O2S/c1-18(2)15(21)13-8-22-9-19(13)14(20)12-7-16-10-5-3-4-6-11(10)17-12/h3-7,13H,8-9H2,1-2H3. The van der Waals surface area contributed by atoms with Crippen LogP contribution in [0.2, 0.25) is 0 Å². The van der Waals surface area contributed by atoms with Crippen molar-refractivity contribution in [3.8, 4) is 0 Å². The number of nitrogens with zero attached hydrogens (tertiary/aromatic N) is 4. The highest BCUT2D eigenvalue weighted by atomic mass is 32.2. The number of hydrogen-bond donors (Lipinski definition) is 0. The molecule has 0 radical (unpaired) electrons. The Hall–Kier alpha value is -2.15. The first-order valence-electron chi connectivity index (χ1n) is 6.89. The van der Waals surface area contributed by atoms with Crippen LogP contribution in [0.5, 0.6) is 0 Å². The van der Waals surface area contributed by atoms with Gasteiger partial charge >= 0.3 is 0 Å². The normalized spacial score (nSPS) is 17.7. The van der Waals surface area contributed by atoms with E-state index in [1.807, 2.05) is 24.3 Å². The Morgan fingerprint density at radius 2 is 2.00 bits per heavy atom. The van der Waals surface area contributed by atoms with Crippen LogP contribution in [0.3, 0.4) is 0 Å². The van der Waals surface area contributed by atoms with Gasteiger partial charge in [-0.15, -0.1) is 11.8 Å². The van der Waals surface area contributed by atoms with Crippen molar-refractivity contribution >= 4 is 34.6 Å². The smallest absolute Gasteiger partial charge is 0.275 e. The minimum Gasteiger partial charge on any atom is -0.347 e. The fourth-order valence-corrected chi connectivity index (χ4v) is 3.50. The van der Waals surface area contributed by atoms with Crippen LogP contribution >= 0.6 is 11.8 Å². The van der Waals surface area contributed by atoms with Gasteiger partial charge < -0.3 is 9.80 Å². The zero-order chi connectivity index (χ0) is 15.7. The molecule has 3 rings (SSSR count). The molecular formula is C15H16N4O2S. The molecule has 1 aromatic carbocycles. The zero-order valence-electron chi connectivity index (χ0n) is 12.4. The number of rotatable bonds is 2. The molecule has 0 spiro atoms. The fraction of sp³-hybridized carbons (Fsp3) is 0.333. The molecule has 2 amide bonds. The lowest BCUT2D eigenvalue weighted by Crippen LogP contribution is -2.47. The highest BCUT2D eigenvalue weighted by Crippen LogP contribution is 2.24. The fourth-order valence-electron chi connectivity index (χ4n) is 2.35. The quantitative estimate of drug-likeness (QED) is 0.834. The molecule has 2 aromatic rings. The molecular weight excluding hydrogens is 300 g/mol. The lowest BCUT2D eigenvalue weighted by molar-refractivity contribution is -0.132. The third kappa shape index (κ3) is 2.64. The summed E-state index contributed by atoms with van der Waals surface area (Å²) in [6.45, 7) is 0. The molecule has 1 aliphatic heterocycles. The minimum absolute atomic E-state index is 0.0629. The van der Waals surface area contributed by atoms with E-state index in [2.05, 4.69) is 9.97 Å². The zero-order valence-corrected chi connectivity index (χ0v) is 13.2. The van der Waals surface area contributed by atoms with Crippen LogP contribution < -0.4 is 0 Å². The van der Waals surface area contributed by atoms with Crippen molar-refractivity contribution < 1.29 is 9.59 Å². The van der Waals surface area contributed by atoms with Crippen molar-refractivity contribution in [2.45, 2.75) is 6.04 Å². The maximum atomic E-state index is 12.7. The van der Waals surface area contributed by atoms with Crippen LogP contribution in [0.4, 0.5) is 0 Å². The van der Waals surface area contributed by atoms with Crippen LogP contribution in [-0.2, 0) is 4.79 Å². The van der Waals surface area contributed by atoms with E-state index < -0.39 is 6.04 Å². The number of likely N-dealkylation sites (N-methyl/N-ethyl adjacent to an activating group) is 1. The molecule has 0 bridgehead atoms. The number of fused-ring (bicyclic) bond motifs is 1. The second-order valence-electron chi connectivity index (χ2n) is 5.27. The van der Waals surface area contributed by atoms with Gasteiger partial charge in [-0.2, -0.15) is 0 Å². The van der Waals surface area contributed by atoms with Crippen LogP contribution in [-0.4, -0.2) is 63.3 Å². The molecule has 2 heterocycles. The number of para-hydroxylation sites is 2. The summed E-state index contributed by atoms with van der Waals surface area (Å²) in [5, 5.41) is 0. The number of hydrogen-bond acceptors (Lipinski definition) is 5. The van der Waals surface area contributed by atoms with Crippen LogP contribution in [0.25, 0.3) is 11.0 Å². The summed E-state index contributed by atoms with van der Waals surface area (Å²) in [4.78, 5) is 36.6. The predicted molar refractivity (Wildman–Crippen MR) is 85.5 cm³/mol. The van der Waals surface area contributed by atoms with Crippen molar-refractivity contribution in [3.05, 3.63) is 36.2 Å². The van der Waals surface area contributed by atoms with Gasteiger partial charge in [0.25, 0.3) is 5.91 Å². The number of thioether (sulfide) groups is 1. The summed E-state index contributed by atoms with van der Waals surface area (Å²) in [7, 11) is 3.40. The second kappa shape index (κ2) is 5.92. The first-order chi connectivity index (χ1) is 10.6. The maximum Gasteiger partial charge on any atom is 0.275 e. The summed E-state index contributed by atoms with van der Waals surface area (Å²) in [6, 6.07) is 6.97. The molecule has 1 atom stereocenters. The Kier molecular flexibility index (Phi) is 3.98. The molecule has 0 saturated carbocycles. The summed E-state index contributed by atoms with van der Waals surface area (Å²) in [6.07, 6.45) is 1.48. The topological polar surface area (TPSA) is 66.4 Å². The highest BCUT2D eigenvalue weighted by Gasteiger charge is 2.36. The molecule has 1 unspecified atom stereocenters. The number of aromatic nitrogens is 2. The van der Waals surface area contributed by atoms with Gasteiger partial charge in [-0.05, 0) is 12.1 Å². The molecule has 0 aliphatic carbocycles. The van der Waals surface area contributed by atoms with Crippen molar-refractivity contribution in [1.29, 1.82) is 0 Å². The average molecular weight is 316 g/mol. The van der Waals surface area contributed by atoms with Gasteiger partial charge in [0.2, 0.25) is 5.91 Å². The van der Waals surface area contributed by atoms with Crippen molar-refractivity contribution in [3.63, 3.8) is 0 Å². The minimum atomic E-state index is -0.430. The summed E-state index contributed by atoms with van der Waals surface area (Å²) in [5.41, 5.74) is 1.70. The van der Waals surface area contributed by atoms with Crippen molar-refractivity contribution in [1.82, 2.24) is 19.8 Å². The van der Waals surface area contributed by atoms with Crippen molar-refractivity contribution in [2.75, 3.05) is 25.7 Å². The van der Waals surface area contributed by atoms with Gasteiger partial charge in [-0.1, -0.05) is 12.1 Å². The van der Waals surface area contributed by atoms with Crippen LogP contribution in [0.15, 0.2) is 30.5 Å². The number of carbonyl (C=O) groups is 2. The average Bonchev–Trinajstić information content (AvgIpc) is 3.02. The second-order valence-corrected chi connectivity index (χ2v) is 6.27. The first-order valence-corrected chi connectivity index (χ1v) is 8.05. The first kappa shape index (κ1) is 14.8. The molecule has 1 aliphatic rings. The molecule has 114 valence electrons. The monoisotopic (exact) mass is 316 g/mol. The maximum absolute atomic E-state index is 12.7. The summed E-state index contributed by atoms with van der Waals surface area (Å²) >= 11 is 1.57. The van der Waals surface area contributed by atoms with E-state index in [4.69, 9.17) is 0 Å². The molecule has 22 heavy (non-hydrogen) atoms. The molecule has 7 heteroatoms. The third-order valence-corrected chi connectivity index (χ3v) is 4.55. The van der Waals surface area contributed by atoms with Crippen LogP contribution in [0, 0.1) is 0 Å². The van der Waals surface area contributed by atoms with Gasteiger partial charge in [0.05, 0.1) is 23.1 Å². The highest BCUT2D eigenvalue weighted by molar-refractivity contribution is 7.99. The largest absolute Gasteiger partial charge is 0.347 e. The Balaban J connectivity index is 1.89. The summed E-state index contributed by atoms with van der Waals surface area (Å²) < 4.78 is 0. The Bertz CT molecular complexity index is 734. The van der Waals surface area contributed by atoms with Gasteiger partial charge in [0.15, 0.2) is 0 Å². The van der Waals surface area contributed by atoms with E-state index >= 15 is 0 Å². The van der Waals surface area contributed by atoms with E-state index in [9.17, 15) is 9.59 Å². The lowest BCUT2D eigenvalue weighted by Gasteiger charge is -2.25. The Morgan fingerprint density at radius 1 is 1.27 bits per heavy atom. The van der Waals surface area contributed by atoms with E-state index in [0.717, 1.165) is 5.52 Å². The Morgan fingerprint density at radius 3 is 2.73 bits per heavy atom. The van der Waals surface area contributed by atoms with Gasteiger partial charge in [0, 0.05) is 19.8 Å². The summed E-state index contributed by atoms with van der Waals surface area (Å²) in [5.74, 6) is 0.803. The van der Waals surface area contributed by atoms with E-state index in [0.29, 0.717) is 17.1 Å². The molecule has 6 nitrogen and oxygen atoms in total. The van der Waals surface area contributed by atoms with E-state index in [1.165, 1.54) is 11.1 Å². The Labute approximate surface area is 132 Å². The van der Waals surface area contributed by atoms with Crippen LogP contribution in [0.1, 0.15) is 10.5 Å². The van der Waals surface area contributed by atoms with Gasteiger partial charge in [-0.3, -0.25) is 14.6 Å². The molecule has 0 N–H and O–H groups in total. The SMILES string of the molecule is CN(C)C(=O)C1CSCN1C(=O)c1cnc2ccccc2n1. The molecule has 1 saturated heterocycles. The van der Waals surface area contributed by atoms with Gasteiger partial charge in [-0.25, -0.2) is 4.98 Å². The number of carbonyl (C=O) groups excluding carboxylic acids is 2. The number of benzene rings is 1. The third-order valence-electron chi connectivity index (χ3n) is 3.54. The van der Waals surface area contributed by atoms with E-state index in [1.54, 1.807) is 30.8 Å². The molecule has 1 fully saturated rings. The lowest BCUT2D eigenvalue weighted by atomic mass is 10.2.